The minimum atomic E-state index is -0.411. The molecule has 0 heterocycles. The van der Waals surface area contributed by atoms with Crippen molar-refractivity contribution in [2.75, 3.05) is 7.11 Å². The molecule has 3 nitrogen and oxygen atoms in total. The Balaban J connectivity index is 2.28. The van der Waals surface area contributed by atoms with Crippen LogP contribution in [0.25, 0.3) is 0 Å². The first-order valence-electron chi connectivity index (χ1n) is 6.04. The molecule has 0 spiro atoms. The number of carbonyl (C=O) groups is 1. The van der Waals surface area contributed by atoms with Crippen LogP contribution >= 0.6 is 0 Å². The highest BCUT2D eigenvalue weighted by Crippen LogP contribution is 2.23. The Kier molecular flexibility index (Phi) is 3.85. The second-order valence-electron chi connectivity index (χ2n) is 4.36. The zero-order valence-electron chi connectivity index (χ0n) is 11.3. The monoisotopic (exact) mass is 256 g/mol. The van der Waals surface area contributed by atoms with Crippen molar-refractivity contribution in [3.63, 3.8) is 0 Å². The molecule has 0 saturated carbocycles. The topological polar surface area (TPSA) is 35.5 Å². The molecule has 19 heavy (non-hydrogen) atoms. The van der Waals surface area contributed by atoms with E-state index in [1.165, 1.54) is 7.11 Å². The van der Waals surface area contributed by atoms with Gasteiger partial charge in [0.2, 0.25) is 0 Å². The van der Waals surface area contributed by atoms with E-state index in [0.717, 1.165) is 11.1 Å². The predicted molar refractivity (Wildman–Crippen MR) is 73.9 cm³/mol. The molecule has 0 aromatic heterocycles. The Hall–Kier alpha value is -2.29. The number of hydrogen-bond acceptors (Lipinski definition) is 3. The van der Waals surface area contributed by atoms with Gasteiger partial charge >= 0.3 is 5.97 Å². The summed E-state index contributed by atoms with van der Waals surface area (Å²) >= 11 is 0. The minimum absolute atomic E-state index is 0.411. The van der Waals surface area contributed by atoms with E-state index in [-0.39, 0.29) is 0 Å². The molecular weight excluding hydrogens is 240 g/mol. The van der Waals surface area contributed by atoms with Crippen LogP contribution in [0.5, 0.6) is 11.5 Å². The number of esters is 1. The highest BCUT2D eigenvalue weighted by molar-refractivity contribution is 5.94. The molecule has 2 rings (SSSR count). The molecule has 0 radical (unpaired) electrons. The van der Waals surface area contributed by atoms with Gasteiger partial charge in [0.05, 0.1) is 7.11 Å². The lowest BCUT2D eigenvalue weighted by Gasteiger charge is -2.10. The molecule has 98 valence electrons. The van der Waals surface area contributed by atoms with Crippen LogP contribution in [-0.2, 0) is 0 Å². The standard InChI is InChI=1S/C16H16O3/c1-11-8-9-12(2)15(10-11)19-16(17)13-6-4-5-7-14(13)18-3/h4-10H,1-3H3. The van der Waals surface area contributed by atoms with E-state index in [4.69, 9.17) is 9.47 Å². The van der Waals surface area contributed by atoms with Crippen molar-refractivity contribution >= 4 is 5.97 Å². The van der Waals surface area contributed by atoms with Crippen molar-refractivity contribution in [3.8, 4) is 11.5 Å². The Morgan fingerprint density at radius 2 is 1.74 bits per heavy atom. The Morgan fingerprint density at radius 1 is 1.00 bits per heavy atom. The maximum absolute atomic E-state index is 12.2. The third-order valence-electron chi connectivity index (χ3n) is 2.87. The lowest BCUT2D eigenvalue weighted by Crippen LogP contribution is -2.10. The number of ether oxygens (including phenoxy) is 2. The Bertz CT molecular complexity index is 603. The fraction of sp³-hybridized carbons (Fsp3) is 0.188. The van der Waals surface area contributed by atoms with Crippen molar-refractivity contribution in [2.45, 2.75) is 13.8 Å². The van der Waals surface area contributed by atoms with Crippen molar-refractivity contribution in [2.24, 2.45) is 0 Å². The molecule has 0 unspecified atom stereocenters. The van der Waals surface area contributed by atoms with Crippen LogP contribution in [0.4, 0.5) is 0 Å². The van der Waals surface area contributed by atoms with Crippen molar-refractivity contribution in [3.05, 3.63) is 59.2 Å². The second kappa shape index (κ2) is 5.57. The number of para-hydroxylation sites is 1. The first-order chi connectivity index (χ1) is 9.11. The molecule has 0 amide bonds. The second-order valence-corrected chi connectivity index (χ2v) is 4.36. The number of methoxy groups -OCH3 is 1. The Labute approximate surface area is 112 Å². The smallest absolute Gasteiger partial charge is 0.347 e. The van der Waals surface area contributed by atoms with Crippen molar-refractivity contribution in [1.82, 2.24) is 0 Å². The van der Waals surface area contributed by atoms with Crippen molar-refractivity contribution < 1.29 is 14.3 Å². The van der Waals surface area contributed by atoms with Crippen LogP contribution in [0.3, 0.4) is 0 Å². The number of rotatable bonds is 3. The zero-order valence-corrected chi connectivity index (χ0v) is 11.3. The third-order valence-corrected chi connectivity index (χ3v) is 2.87. The number of aryl methyl sites for hydroxylation is 2. The lowest BCUT2D eigenvalue weighted by molar-refractivity contribution is 0.0730. The van der Waals surface area contributed by atoms with Gasteiger partial charge in [0.15, 0.2) is 0 Å². The highest BCUT2D eigenvalue weighted by atomic mass is 16.5. The molecule has 0 bridgehead atoms. The van der Waals surface area contributed by atoms with Crippen LogP contribution in [-0.4, -0.2) is 13.1 Å². The molecule has 0 aliphatic heterocycles. The maximum atomic E-state index is 12.2. The van der Waals surface area contributed by atoms with Gasteiger partial charge in [-0.1, -0.05) is 24.3 Å². The molecule has 0 saturated heterocycles. The first-order valence-corrected chi connectivity index (χ1v) is 6.04. The van der Waals surface area contributed by atoms with Crippen molar-refractivity contribution in [1.29, 1.82) is 0 Å². The average Bonchev–Trinajstić information content (AvgIpc) is 2.42. The summed E-state index contributed by atoms with van der Waals surface area (Å²) in [7, 11) is 1.53. The normalized spacial score (nSPS) is 10.1. The van der Waals surface area contributed by atoms with E-state index < -0.39 is 5.97 Å². The third kappa shape index (κ3) is 2.94. The minimum Gasteiger partial charge on any atom is -0.496 e. The summed E-state index contributed by atoms with van der Waals surface area (Å²) in [5.41, 5.74) is 2.40. The molecule has 2 aromatic rings. The maximum Gasteiger partial charge on any atom is 0.347 e. The van der Waals surface area contributed by atoms with E-state index in [1.54, 1.807) is 18.2 Å². The first kappa shape index (κ1) is 13.1. The lowest BCUT2D eigenvalue weighted by atomic mass is 10.1. The molecule has 3 heteroatoms. The molecule has 0 aliphatic rings. The Morgan fingerprint density at radius 3 is 2.47 bits per heavy atom. The van der Waals surface area contributed by atoms with Gasteiger partial charge in [0, 0.05) is 0 Å². The quantitative estimate of drug-likeness (QED) is 0.622. The van der Waals surface area contributed by atoms with E-state index in [2.05, 4.69) is 0 Å². The fourth-order valence-electron chi connectivity index (χ4n) is 1.79. The fourth-order valence-corrected chi connectivity index (χ4v) is 1.79. The highest BCUT2D eigenvalue weighted by Gasteiger charge is 2.14. The van der Waals surface area contributed by atoms with Gasteiger partial charge in [-0.3, -0.25) is 0 Å². The molecule has 0 atom stereocenters. The molecule has 0 aliphatic carbocycles. The summed E-state index contributed by atoms with van der Waals surface area (Å²) in [6, 6.07) is 12.8. The van der Waals surface area contributed by atoms with Gasteiger partial charge < -0.3 is 9.47 Å². The summed E-state index contributed by atoms with van der Waals surface area (Å²) in [6.45, 7) is 3.87. The van der Waals surface area contributed by atoms with Crippen LogP contribution in [0.15, 0.2) is 42.5 Å². The van der Waals surface area contributed by atoms with Gasteiger partial charge in [-0.25, -0.2) is 4.79 Å². The van der Waals surface area contributed by atoms with Gasteiger partial charge in [0.25, 0.3) is 0 Å². The van der Waals surface area contributed by atoms with Gasteiger partial charge in [-0.2, -0.15) is 0 Å². The van der Waals surface area contributed by atoms with Gasteiger partial charge in [0.1, 0.15) is 17.1 Å². The van der Waals surface area contributed by atoms with Crippen LogP contribution in [0.1, 0.15) is 21.5 Å². The SMILES string of the molecule is COc1ccccc1C(=O)Oc1cc(C)ccc1C. The molecule has 2 aromatic carbocycles. The average molecular weight is 256 g/mol. The van der Waals surface area contributed by atoms with E-state index in [9.17, 15) is 4.79 Å². The zero-order chi connectivity index (χ0) is 13.8. The van der Waals surface area contributed by atoms with Crippen LogP contribution in [0.2, 0.25) is 0 Å². The molecular formula is C16H16O3. The number of hydrogen-bond donors (Lipinski definition) is 0. The summed E-state index contributed by atoms with van der Waals surface area (Å²) < 4.78 is 10.6. The van der Waals surface area contributed by atoms with Crippen LogP contribution in [0, 0.1) is 13.8 Å². The summed E-state index contributed by atoms with van der Waals surface area (Å²) in [4.78, 5) is 12.2. The summed E-state index contributed by atoms with van der Waals surface area (Å²) in [5.74, 6) is 0.680. The van der Waals surface area contributed by atoms with E-state index >= 15 is 0 Å². The number of benzene rings is 2. The molecule has 0 fully saturated rings. The summed E-state index contributed by atoms with van der Waals surface area (Å²) in [6.07, 6.45) is 0. The van der Waals surface area contributed by atoms with E-state index in [0.29, 0.717) is 17.1 Å². The largest absolute Gasteiger partial charge is 0.496 e. The predicted octanol–water partition coefficient (Wildman–Crippen LogP) is 3.53. The van der Waals surface area contributed by atoms with E-state index in [1.807, 2.05) is 38.1 Å². The van der Waals surface area contributed by atoms with Gasteiger partial charge in [-0.15, -0.1) is 0 Å². The molecule has 0 N–H and O–H groups in total. The number of carbonyl (C=O) groups excluding carboxylic acids is 1. The summed E-state index contributed by atoms with van der Waals surface area (Å²) in [5, 5.41) is 0. The van der Waals surface area contributed by atoms with Crippen LogP contribution < -0.4 is 9.47 Å². The van der Waals surface area contributed by atoms with Gasteiger partial charge in [-0.05, 0) is 43.2 Å².